The number of aromatic nitrogens is 5. The van der Waals surface area contributed by atoms with Crippen molar-refractivity contribution >= 4 is 5.91 Å². The van der Waals surface area contributed by atoms with Gasteiger partial charge in [0, 0.05) is 12.6 Å². The molecule has 1 N–H and O–H groups in total. The zero-order valence-electron chi connectivity index (χ0n) is 15.1. The molecule has 0 aliphatic carbocycles. The quantitative estimate of drug-likeness (QED) is 0.669. The van der Waals surface area contributed by atoms with E-state index in [0.29, 0.717) is 17.3 Å². The van der Waals surface area contributed by atoms with Crippen molar-refractivity contribution in [1.29, 1.82) is 0 Å². The van der Waals surface area contributed by atoms with Crippen molar-refractivity contribution in [1.82, 2.24) is 29.9 Å². The van der Waals surface area contributed by atoms with E-state index in [2.05, 4.69) is 20.5 Å². The Hall–Kier alpha value is -3.69. The van der Waals surface area contributed by atoms with Crippen LogP contribution in [0.25, 0.3) is 5.82 Å². The minimum absolute atomic E-state index is 0.200. The minimum atomic E-state index is -0.777. The number of rotatable bonds is 5. The summed E-state index contributed by atoms with van der Waals surface area (Å²) < 4.78 is 14.2. The molecule has 10 heteroatoms. The number of carbonyl (C=O) groups excluding carboxylic acids is 1. The molecule has 4 rings (SSSR count). The SMILES string of the molecule is C[C@@H]1Oc2ccccc2O[C@@H]1C(=O)NCCn1nc(-n2cncn2)ccc1=O. The number of amides is 1. The fourth-order valence-corrected chi connectivity index (χ4v) is 2.84. The van der Waals surface area contributed by atoms with Gasteiger partial charge in [0.25, 0.3) is 11.5 Å². The van der Waals surface area contributed by atoms with E-state index in [4.69, 9.17) is 9.47 Å². The number of ether oxygens (including phenoxy) is 2. The van der Waals surface area contributed by atoms with Crippen molar-refractivity contribution < 1.29 is 14.3 Å². The summed E-state index contributed by atoms with van der Waals surface area (Å²) in [5.74, 6) is 1.28. The lowest BCUT2D eigenvalue weighted by Crippen LogP contribution is -2.49. The highest BCUT2D eigenvalue weighted by Gasteiger charge is 2.33. The molecule has 0 unspecified atom stereocenters. The number of carbonyl (C=O) groups is 1. The molecule has 2 atom stereocenters. The Bertz CT molecular complexity index is 1030. The van der Waals surface area contributed by atoms with E-state index >= 15 is 0 Å². The van der Waals surface area contributed by atoms with E-state index in [0.717, 1.165) is 0 Å². The van der Waals surface area contributed by atoms with Crippen LogP contribution in [0.3, 0.4) is 0 Å². The molecule has 3 heterocycles. The Labute approximate surface area is 159 Å². The Morgan fingerprint density at radius 2 is 1.96 bits per heavy atom. The van der Waals surface area contributed by atoms with E-state index in [-0.39, 0.29) is 24.6 Å². The maximum atomic E-state index is 12.5. The first-order valence-corrected chi connectivity index (χ1v) is 8.75. The predicted octanol–water partition coefficient (Wildman–Crippen LogP) is 0.169. The van der Waals surface area contributed by atoms with Crippen molar-refractivity contribution in [2.45, 2.75) is 25.7 Å². The van der Waals surface area contributed by atoms with Gasteiger partial charge < -0.3 is 14.8 Å². The summed E-state index contributed by atoms with van der Waals surface area (Å²) in [7, 11) is 0. The molecule has 0 saturated carbocycles. The fourth-order valence-electron chi connectivity index (χ4n) is 2.84. The number of para-hydroxylation sites is 2. The van der Waals surface area contributed by atoms with Gasteiger partial charge in [-0.1, -0.05) is 12.1 Å². The fraction of sp³-hybridized carbons (Fsp3) is 0.278. The summed E-state index contributed by atoms with van der Waals surface area (Å²) in [5, 5.41) is 11.0. The second-order valence-electron chi connectivity index (χ2n) is 6.19. The van der Waals surface area contributed by atoms with E-state index in [9.17, 15) is 9.59 Å². The first-order valence-electron chi connectivity index (χ1n) is 8.75. The summed E-state index contributed by atoms with van der Waals surface area (Å²) in [6, 6.07) is 10.1. The largest absolute Gasteiger partial charge is 0.482 e. The second-order valence-corrected chi connectivity index (χ2v) is 6.19. The molecule has 0 saturated heterocycles. The van der Waals surface area contributed by atoms with Gasteiger partial charge in [0.15, 0.2) is 17.3 Å². The highest BCUT2D eigenvalue weighted by atomic mass is 16.6. The molecule has 10 nitrogen and oxygen atoms in total. The van der Waals surface area contributed by atoms with Gasteiger partial charge >= 0.3 is 0 Å². The highest BCUT2D eigenvalue weighted by molar-refractivity contribution is 5.82. The Balaban J connectivity index is 1.38. The number of nitrogens with zero attached hydrogens (tertiary/aromatic N) is 5. The molecule has 1 aromatic carbocycles. The monoisotopic (exact) mass is 382 g/mol. The molecule has 28 heavy (non-hydrogen) atoms. The maximum Gasteiger partial charge on any atom is 0.266 e. The second kappa shape index (κ2) is 7.51. The number of benzene rings is 1. The van der Waals surface area contributed by atoms with Crippen LogP contribution in [0.4, 0.5) is 0 Å². The van der Waals surface area contributed by atoms with Gasteiger partial charge in [0.2, 0.25) is 6.10 Å². The van der Waals surface area contributed by atoms with Gasteiger partial charge in [-0.25, -0.2) is 14.3 Å². The van der Waals surface area contributed by atoms with Crippen molar-refractivity contribution in [2.75, 3.05) is 6.54 Å². The molecule has 3 aromatic rings. The van der Waals surface area contributed by atoms with Crippen LogP contribution in [0.1, 0.15) is 6.92 Å². The van der Waals surface area contributed by atoms with Crippen molar-refractivity contribution in [2.24, 2.45) is 0 Å². The van der Waals surface area contributed by atoms with Crippen molar-refractivity contribution in [3.05, 3.63) is 59.4 Å². The first kappa shape index (κ1) is 17.7. The molecular formula is C18H18N6O4. The highest BCUT2D eigenvalue weighted by Crippen LogP contribution is 2.33. The standard InChI is InChI=1S/C18H18N6O4/c1-12-17(28-14-5-3-2-4-13(14)27-12)18(26)20-8-9-23-16(25)7-6-15(22-23)24-11-19-10-21-24/h2-7,10-12,17H,8-9H2,1H3,(H,20,26)/t12-,17-/m0/s1. The zero-order chi connectivity index (χ0) is 19.5. The molecule has 0 spiro atoms. The van der Waals surface area contributed by atoms with E-state index < -0.39 is 12.2 Å². The van der Waals surface area contributed by atoms with E-state index in [1.54, 1.807) is 25.1 Å². The lowest BCUT2D eigenvalue weighted by atomic mass is 10.1. The summed E-state index contributed by atoms with van der Waals surface area (Å²) in [6.07, 6.45) is 1.65. The van der Waals surface area contributed by atoms with Crippen LogP contribution in [0, 0.1) is 0 Å². The molecule has 2 aromatic heterocycles. The molecule has 1 aliphatic rings. The lowest BCUT2D eigenvalue weighted by molar-refractivity contribution is -0.133. The van der Waals surface area contributed by atoms with E-state index in [1.165, 1.54) is 28.1 Å². The van der Waals surface area contributed by atoms with E-state index in [1.807, 2.05) is 12.1 Å². The van der Waals surface area contributed by atoms with Crippen LogP contribution in [0.2, 0.25) is 0 Å². The van der Waals surface area contributed by atoms with Crippen molar-refractivity contribution in [3.63, 3.8) is 0 Å². The average molecular weight is 382 g/mol. The third kappa shape index (κ3) is 3.56. The number of hydrogen-bond acceptors (Lipinski definition) is 7. The van der Waals surface area contributed by atoms with Gasteiger partial charge in [0.1, 0.15) is 18.8 Å². The summed E-state index contributed by atoms with van der Waals surface area (Å²) in [4.78, 5) is 28.4. The Morgan fingerprint density at radius 1 is 1.18 bits per heavy atom. The van der Waals surface area contributed by atoms with Gasteiger partial charge in [-0.05, 0) is 25.1 Å². The topological polar surface area (TPSA) is 113 Å². The van der Waals surface area contributed by atoms with Crippen LogP contribution >= 0.6 is 0 Å². The average Bonchev–Trinajstić information content (AvgIpc) is 3.23. The molecule has 1 aliphatic heterocycles. The van der Waals surface area contributed by atoms with Crippen molar-refractivity contribution in [3.8, 4) is 17.3 Å². The lowest BCUT2D eigenvalue weighted by Gasteiger charge is -2.31. The maximum absolute atomic E-state index is 12.5. The normalized spacial score (nSPS) is 17.9. The van der Waals surface area contributed by atoms with Crippen LogP contribution < -0.4 is 20.3 Å². The summed E-state index contributed by atoms with van der Waals surface area (Å²) in [6.45, 7) is 2.18. The number of nitrogens with one attached hydrogen (secondary N) is 1. The zero-order valence-corrected chi connectivity index (χ0v) is 15.1. The molecule has 0 radical (unpaired) electrons. The van der Waals surface area contributed by atoms with Crippen LogP contribution in [-0.4, -0.2) is 49.2 Å². The van der Waals surface area contributed by atoms with Crippen LogP contribution in [-0.2, 0) is 11.3 Å². The predicted molar refractivity (Wildman–Crippen MR) is 97.4 cm³/mol. The van der Waals surface area contributed by atoms with Gasteiger partial charge in [-0.15, -0.1) is 5.10 Å². The Kier molecular flexibility index (Phi) is 4.75. The van der Waals surface area contributed by atoms with Gasteiger partial charge in [0.05, 0.1) is 6.54 Å². The van der Waals surface area contributed by atoms with Gasteiger partial charge in [-0.2, -0.15) is 5.10 Å². The molecule has 0 bridgehead atoms. The molecule has 1 amide bonds. The minimum Gasteiger partial charge on any atom is -0.482 e. The third-order valence-electron chi connectivity index (χ3n) is 4.23. The smallest absolute Gasteiger partial charge is 0.266 e. The number of hydrogen-bond donors (Lipinski definition) is 1. The van der Waals surface area contributed by atoms with Crippen LogP contribution in [0.5, 0.6) is 11.5 Å². The molecular weight excluding hydrogens is 364 g/mol. The third-order valence-corrected chi connectivity index (χ3v) is 4.23. The Morgan fingerprint density at radius 3 is 2.71 bits per heavy atom. The number of fused-ring (bicyclic) bond motifs is 1. The van der Waals surface area contributed by atoms with Gasteiger partial charge in [-0.3, -0.25) is 9.59 Å². The molecule has 0 fully saturated rings. The summed E-state index contributed by atoms with van der Waals surface area (Å²) >= 11 is 0. The summed E-state index contributed by atoms with van der Waals surface area (Å²) in [5.41, 5.74) is -0.280. The van der Waals surface area contributed by atoms with Crippen LogP contribution in [0.15, 0.2) is 53.8 Å². The molecule has 144 valence electrons. The first-order chi connectivity index (χ1) is 13.6.